The number of carbonyl (C=O) groups is 3. The van der Waals surface area contributed by atoms with Crippen molar-refractivity contribution in [2.75, 3.05) is 6.61 Å². The van der Waals surface area contributed by atoms with Gasteiger partial charge >= 0.3 is 5.97 Å². The Kier molecular flexibility index (Phi) is 5.38. The van der Waals surface area contributed by atoms with E-state index in [0.717, 1.165) is 0 Å². The van der Waals surface area contributed by atoms with Crippen LogP contribution in [0.4, 0.5) is 5.69 Å². The Hall–Kier alpha value is -3.07. The van der Waals surface area contributed by atoms with Crippen molar-refractivity contribution >= 4 is 34.8 Å². The normalized spacial score (nSPS) is 10.0. The third-order valence-corrected chi connectivity index (χ3v) is 3.83. The SMILES string of the molecule is Cc1cc(C(=O)OCC(=O)NC(=O)c2cccs2)ccc1[N+](=O)[O-]. The summed E-state index contributed by atoms with van der Waals surface area (Å²) in [6.07, 6.45) is 0. The second-order valence-electron chi connectivity index (χ2n) is 4.69. The zero-order valence-electron chi connectivity index (χ0n) is 12.5. The summed E-state index contributed by atoms with van der Waals surface area (Å²) >= 11 is 1.17. The van der Waals surface area contributed by atoms with Crippen molar-refractivity contribution in [2.45, 2.75) is 6.92 Å². The number of nitrogens with zero attached hydrogens (tertiary/aromatic N) is 1. The van der Waals surface area contributed by atoms with E-state index in [0.29, 0.717) is 10.4 Å². The van der Waals surface area contributed by atoms with Crippen LogP contribution in [0.25, 0.3) is 0 Å². The number of nitro benzene ring substituents is 1. The van der Waals surface area contributed by atoms with E-state index in [4.69, 9.17) is 4.74 Å². The largest absolute Gasteiger partial charge is 0.452 e. The Bertz CT molecular complexity index is 800. The maximum Gasteiger partial charge on any atom is 0.338 e. The minimum Gasteiger partial charge on any atom is -0.452 e. The fraction of sp³-hybridized carbons (Fsp3) is 0.133. The van der Waals surface area contributed by atoms with Crippen molar-refractivity contribution in [3.05, 3.63) is 61.8 Å². The van der Waals surface area contributed by atoms with E-state index in [1.807, 2.05) is 0 Å². The summed E-state index contributed by atoms with van der Waals surface area (Å²) in [6.45, 7) is 0.854. The van der Waals surface area contributed by atoms with Crippen LogP contribution in [0.1, 0.15) is 25.6 Å². The number of rotatable bonds is 5. The van der Waals surface area contributed by atoms with E-state index >= 15 is 0 Å². The highest BCUT2D eigenvalue weighted by molar-refractivity contribution is 7.12. The maximum absolute atomic E-state index is 11.8. The van der Waals surface area contributed by atoms with E-state index < -0.39 is 29.3 Å². The number of imide groups is 1. The van der Waals surface area contributed by atoms with E-state index in [-0.39, 0.29) is 11.3 Å². The zero-order chi connectivity index (χ0) is 17.7. The highest BCUT2D eigenvalue weighted by atomic mass is 32.1. The predicted molar refractivity (Wildman–Crippen MR) is 84.9 cm³/mol. The molecule has 24 heavy (non-hydrogen) atoms. The molecule has 2 amide bonds. The third-order valence-electron chi connectivity index (χ3n) is 2.96. The molecule has 0 saturated heterocycles. The molecule has 9 heteroatoms. The van der Waals surface area contributed by atoms with E-state index in [1.165, 1.54) is 36.5 Å². The lowest BCUT2D eigenvalue weighted by molar-refractivity contribution is -0.385. The van der Waals surface area contributed by atoms with Gasteiger partial charge < -0.3 is 4.74 Å². The number of nitrogens with one attached hydrogen (secondary N) is 1. The summed E-state index contributed by atoms with van der Waals surface area (Å²) in [5.74, 6) is -2.15. The van der Waals surface area contributed by atoms with Gasteiger partial charge in [0, 0.05) is 11.6 Å². The van der Waals surface area contributed by atoms with Crippen LogP contribution in [0.15, 0.2) is 35.7 Å². The zero-order valence-corrected chi connectivity index (χ0v) is 13.3. The second-order valence-corrected chi connectivity index (χ2v) is 5.64. The minimum atomic E-state index is -0.813. The van der Waals surface area contributed by atoms with Crippen LogP contribution in [0.2, 0.25) is 0 Å². The molecular weight excluding hydrogens is 336 g/mol. The van der Waals surface area contributed by atoms with Gasteiger partial charge in [0.05, 0.1) is 15.4 Å². The van der Waals surface area contributed by atoms with E-state index in [2.05, 4.69) is 5.32 Å². The van der Waals surface area contributed by atoms with Gasteiger partial charge in [-0.2, -0.15) is 0 Å². The molecule has 1 N–H and O–H groups in total. The standard InChI is InChI=1S/C15H12N2O6S/c1-9-7-10(4-5-11(9)17(21)22)15(20)23-8-13(18)16-14(19)12-3-2-6-24-12/h2-7H,8H2,1H3,(H,16,18,19). The Morgan fingerprint density at radius 1 is 1.29 bits per heavy atom. The lowest BCUT2D eigenvalue weighted by atomic mass is 10.1. The number of hydrogen-bond donors (Lipinski definition) is 1. The molecule has 1 aromatic carbocycles. The van der Waals surface area contributed by atoms with Gasteiger partial charge in [-0.1, -0.05) is 6.07 Å². The van der Waals surface area contributed by atoms with Crippen LogP contribution >= 0.6 is 11.3 Å². The van der Waals surface area contributed by atoms with Gasteiger partial charge in [0.2, 0.25) is 0 Å². The quantitative estimate of drug-likeness (QED) is 0.502. The molecule has 0 spiro atoms. The lowest BCUT2D eigenvalue weighted by Crippen LogP contribution is -2.33. The van der Waals surface area contributed by atoms with Crippen molar-refractivity contribution in [3.63, 3.8) is 0 Å². The molecule has 2 rings (SSSR count). The Morgan fingerprint density at radius 2 is 2.04 bits per heavy atom. The molecule has 0 radical (unpaired) electrons. The Balaban J connectivity index is 1.91. The number of hydrogen-bond acceptors (Lipinski definition) is 7. The third kappa shape index (κ3) is 4.23. The van der Waals surface area contributed by atoms with Crippen molar-refractivity contribution in [1.82, 2.24) is 5.32 Å². The number of aryl methyl sites for hydroxylation is 1. The van der Waals surface area contributed by atoms with Crippen LogP contribution in [0.5, 0.6) is 0 Å². The van der Waals surface area contributed by atoms with Crippen molar-refractivity contribution < 1.29 is 24.0 Å². The summed E-state index contributed by atoms with van der Waals surface area (Å²) in [4.78, 5) is 45.6. The molecule has 1 aromatic heterocycles. The van der Waals surface area contributed by atoms with Gasteiger partial charge in [0.1, 0.15) is 0 Å². The highest BCUT2D eigenvalue weighted by Gasteiger charge is 2.17. The molecule has 0 aliphatic heterocycles. The molecular formula is C15H12N2O6S. The fourth-order valence-corrected chi connectivity index (χ4v) is 2.45. The van der Waals surface area contributed by atoms with Crippen LogP contribution in [-0.2, 0) is 9.53 Å². The van der Waals surface area contributed by atoms with E-state index in [1.54, 1.807) is 17.5 Å². The summed E-state index contributed by atoms with van der Waals surface area (Å²) in [6, 6.07) is 6.95. The molecule has 0 fully saturated rings. The van der Waals surface area contributed by atoms with Crippen LogP contribution in [0.3, 0.4) is 0 Å². The molecule has 2 aromatic rings. The number of carbonyl (C=O) groups excluding carboxylic acids is 3. The minimum absolute atomic E-state index is 0.0792. The summed E-state index contributed by atoms with van der Waals surface area (Å²) in [5, 5.41) is 14.5. The molecule has 0 atom stereocenters. The summed E-state index contributed by atoms with van der Waals surface area (Å²) < 4.78 is 4.79. The van der Waals surface area contributed by atoms with E-state index in [9.17, 15) is 24.5 Å². The smallest absolute Gasteiger partial charge is 0.338 e. The van der Waals surface area contributed by atoms with Gasteiger partial charge in [0.15, 0.2) is 6.61 Å². The fourth-order valence-electron chi connectivity index (χ4n) is 1.83. The first kappa shape index (κ1) is 17.3. The average Bonchev–Trinajstić information content (AvgIpc) is 3.06. The number of esters is 1. The molecule has 8 nitrogen and oxygen atoms in total. The van der Waals surface area contributed by atoms with Crippen LogP contribution in [0, 0.1) is 17.0 Å². The van der Waals surface area contributed by atoms with Gasteiger partial charge in [-0.3, -0.25) is 25.0 Å². The van der Waals surface area contributed by atoms with Gasteiger partial charge in [0.25, 0.3) is 17.5 Å². The predicted octanol–water partition coefficient (Wildman–Crippen LogP) is 2.08. The monoisotopic (exact) mass is 348 g/mol. The first-order valence-electron chi connectivity index (χ1n) is 6.68. The second kappa shape index (κ2) is 7.47. The lowest BCUT2D eigenvalue weighted by Gasteiger charge is -2.06. The van der Waals surface area contributed by atoms with Crippen LogP contribution in [-0.4, -0.2) is 29.3 Å². The topological polar surface area (TPSA) is 116 Å². The summed E-state index contributed by atoms with van der Waals surface area (Å²) in [7, 11) is 0. The molecule has 124 valence electrons. The molecule has 0 bridgehead atoms. The number of benzene rings is 1. The number of nitro groups is 1. The van der Waals surface area contributed by atoms with Crippen molar-refractivity contribution in [3.8, 4) is 0 Å². The highest BCUT2D eigenvalue weighted by Crippen LogP contribution is 2.19. The number of thiophene rings is 1. The van der Waals surface area contributed by atoms with Crippen LogP contribution < -0.4 is 5.32 Å². The van der Waals surface area contributed by atoms with Crippen molar-refractivity contribution in [2.24, 2.45) is 0 Å². The molecule has 0 aliphatic rings. The first-order valence-corrected chi connectivity index (χ1v) is 7.56. The molecule has 1 heterocycles. The number of amides is 2. The van der Waals surface area contributed by atoms with Gasteiger partial charge in [-0.25, -0.2) is 4.79 Å². The summed E-state index contributed by atoms with van der Waals surface area (Å²) in [5.41, 5.74) is 0.257. The average molecular weight is 348 g/mol. The van der Waals surface area contributed by atoms with Gasteiger partial charge in [-0.05, 0) is 30.5 Å². The maximum atomic E-state index is 11.8. The Labute approximate surface area is 140 Å². The number of ether oxygens (including phenoxy) is 1. The Morgan fingerprint density at radius 3 is 2.62 bits per heavy atom. The molecule has 0 unspecified atom stereocenters. The molecule has 0 saturated carbocycles. The van der Waals surface area contributed by atoms with Crippen molar-refractivity contribution in [1.29, 1.82) is 0 Å². The molecule has 0 aliphatic carbocycles. The first-order chi connectivity index (χ1) is 11.4. The van der Waals surface area contributed by atoms with Gasteiger partial charge in [-0.15, -0.1) is 11.3 Å².